The first-order valence-corrected chi connectivity index (χ1v) is 11.8. The van der Waals surface area contributed by atoms with Crippen molar-refractivity contribution in [1.82, 2.24) is 9.88 Å². The van der Waals surface area contributed by atoms with Gasteiger partial charge in [0, 0.05) is 22.7 Å². The lowest BCUT2D eigenvalue weighted by atomic mass is 9.96. The van der Waals surface area contributed by atoms with Crippen LogP contribution in [0.2, 0.25) is 5.02 Å². The maximum atomic E-state index is 13.4. The van der Waals surface area contributed by atoms with Crippen molar-refractivity contribution in [3.63, 3.8) is 0 Å². The smallest absolute Gasteiger partial charge is 0.408 e. The number of hydrogen-bond donors (Lipinski definition) is 1. The fourth-order valence-corrected chi connectivity index (χ4v) is 4.68. The minimum Gasteiger partial charge on any atom is -0.408 e. The number of halogens is 4. The summed E-state index contributed by atoms with van der Waals surface area (Å²) in [6.45, 7) is 3.33. The zero-order valence-corrected chi connectivity index (χ0v) is 19.7. The van der Waals surface area contributed by atoms with E-state index in [-0.39, 0.29) is 28.5 Å². The molecule has 0 spiro atoms. The molecule has 1 N–H and O–H groups in total. The lowest BCUT2D eigenvalue weighted by Crippen LogP contribution is -2.38. The normalized spacial score (nSPS) is 19.7. The SMILES string of the molecule is Cc1c(OC(=O)NC2CCCCC2)cc(-c2cc(C(F)(F)F)ccc2Cl)n1CC1COCCO1. The molecule has 10 heteroatoms. The van der Waals surface area contributed by atoms with Gasteiger partial charge in [0.25, 0.3) is 0 Å². The molecule has 2 aromatic rings. The van der Waals surface area contributed by atoms with Gasteiger partial charge < -0.3 is 24.1 Å². The van der Waals surface area contributed by atoms with Gasteiger partial charge in [-0.2, -0.15) is 13.2 Å². The molecule has 1 saturated carbocycles. The highest BCUT2D eigenvalue weighted by Gasteiger charge is 2.32. The molecule has 1 aromatic heterocycles. The molecule has 1 aliphatic carbocycles. The van der Waals surface area contributed by atoms with E-state index >= 15 is 0 Å². The Labute approximate surface area is 201 Å². The number of carbonyl (C=O) groups excluding carboxylic acids is 1. The van der Waals surface area contributed by atoms with Gasteiger partial charge >= 0.3 is 12.3 Å². The predicted molar refractivity (Wildman–Crippen MR) is 121 cm³/mol. The number of nitrogens with zero attached hydrogens (tertiary/aromatic N) is 1. The molecule has 186 valence electrons. The Bertz CT molecular complexity index is 1010. The van der Waals surface area contributed by atoms with Crippen molar-refractivity contribution in [3.05, 3.63) is 40.5 Å². The van der Waals surface area contributed by atoms with Crippen LogP contribution in [-0.2, 0) is 22.2 Å². The highest BCUT2D eigenvalue weighted by molar-refractivity contribution is 6.33. The molecule has 0 radical (unpaired) electrons. The van der Waals surface area contributed by atoms with Crippen molar-refractivity contribution in [2.24, 2.45) is 0 Å². The van der Waals surface area contributed by atoms with E-state index in [9.17, 15) is 18.0 Å². The van der Waals surface area contributed by atoms with E-state index in [4.69, 9.17) is 25.8 Å². The van der Waals surface area contributed by atoms with Gasteiger partial charge in [-0.1, -0.05) is 30.9 Å². The first-order chi connectivity index (χ1) is 16.2. The van der Waals surface area contributed by atoms with E-state index in [1.807, 2.05) is 0 Å². The number of alkyl halides is 3. The van der Waals surface area contributed by atoms with Crippen LogP contribution in [0.25, 0.3) is 11.3 Å². The fraction of sp³-hybridized carbons (Fsp3) is 0.542. The molecule has 4 rings (SSSR count). The minimum absolute atomic E-state index is 0.0637. The van der Waals surface area contributed by atoms with Crippen molar-refractivity contribution in [2.45, 2.75) is 63.9 Å². The summed E-state index contributed by atoms with van der Waals surface area (Å²) in [5, 5.41) is 3.05. The molecule has 6 nitrogen and oxygen atoms in total. The number of rotatable bonds is 5. The van der Waals surface area contributed by atoms with E-state index in [1.54, 1.807) is 17.6 Å². The number of carbonyl (C=O) groups is 1. The summed E-state index contributed by atoms with van der Waals surface area (Å²) in [4.78, 5) is 12.6. The molecule has 1 atom stereocenters. The molecule has 2 aliphatic rings. The first kappa shape index (κ1) is 24.9. The summed E-state index contributed by atoms with van der Waals surface area (Å²) in [7, 11) is 0. The average Bonchev–Trinajstić information content (AvgIpc) is 3.09. The molecule has 1 amide bonds. The Morgan fingerprint density at radius 2 is 1.97 bits per heavy atom. The van der Waals surface area contributed by atoms with Crippen molar-refractivity contribution in [2.75, 3.05) is 19.8 Å². The number of benzene rings is 1. The van der Waals surface area contributed by atoms with Gasteiger partial charge in [-0.25, -0.2) is 4.79 Å². The van der Waals surface area contributed by atoms with Crippen LogP contribution in [0.4, 0.5) is 18.0 Å². The molecule has 2 heterocycles. The summed E-state index contributed by atoms with van der Waals surface area (Å²) < 4.78 is 58.8. The Morgan fingerprint density at radius 1 is 1.21 bits per heavy atom. The lowest BCUT2D eigenvalue weighted by molar-refractivity contribution is -0.137. The van der Waals surface area contributed by atoms with E-state index in [0.717, 1.165) is 44.2 Å². The molecule has 34 heavy (non-hydrogen) atoms. The lowest BCUT2D eigenvalue weighted by Gasteiger charge is -2.25. The zero-order chi connectivity index (χ0) is 24.3. The molecule has 1 aromatic carbocycles. The van der Waals surface area contributed by atoms with Crippen LogP contribution in [0, 0.1) is 6.92 Å². The molecule has 0 bridgehead atoms. The third kappa shape index (κ3) is 5.87. The summed E-state index contributed by atoms with van der Waals surface area (Å²) in [5.41, 5.74) is 0.366. The number of amides is 1. The topological polar surface area (TPSA) is 61.7 Å². The van der Waals surface area contributed by atoms with Crippen molar-refractivity contribution < 1.29 is 32.2 Å². The minimum atomic E-state index is -4.52. The maximum Gasteiger partial charge on any atom is 0.416 e. The van der Waals surface area contributed by atoms with Gasteiger partial charge in [-0.3, -0.25) is 0 Å². The van der Waals surface area contributed by atoms with Crippen molar-refractivity contribution in [1.29, 1.82) is 0 Å². The van der Waals surface area contributed by atoms with E-state index in [1.165, 1.54) is 6.07 Å². The fourth-order valence-electron chi connectivity index (χ4n) is 4.47. The molecular formula is C24H28ClF3N2O4. The summed E-state index contributed by atoms with van der Waals surface area (Å²) in [5.74, 6) is 0.258. The van der Waals surface area contributed by atoms with Gasteiger partial charge in [0.05, 0.1) is 49.4 Å². The monoisotopic (exact) mass is 500 g/mol. The standard InChI is InChI=1S/C24H28ClF3N2O4/c1-15-22(34-23(31)29-17-5-3-2-4-6-17)12-21(30(15)13-18-14-32-9-10-33-18)19-11-16(24(26,27)28)7-8-20(19)25/h7-8,11-12,17-18H,2-6,9-10,13-14H2,1H3,(H,29,31). The van der Waals surface area contributed by atoms with Crippen LogP contribution in [0.15, 0.2) is 24.3 Å². The number of aromatic nitrogens is 1. The molecular weight excluding hydrogens is 473 g/mol. The van der Waals surface area contributed by atoms with Crippen molar-refractivity contribution >= 4 is 17.7 Å². The van der Waals surface area contributed by atoms with Gasteiger partial charge in [0.2, 0.25) is 0 Å². The maximum absolute atomic E-state index is 13.4. The zero-order valence-electron chi connectivity index (χ0n) is 18.9. The van der Waals surface area contributed by atoms with Crippen LogP contribution < -0.4 is 10.1 Å². The van der Waals surface area contributed by atoms with Gasteiger partial charge in [-0.05, 0) is 38.0 Å². The van der Waals surface area contributed by atoms with Crippen LogP contribution in [-0.4, -0.2) is 42.6 Å². The van der Waals surface area contributed by atoms with Crippen LogP contribution in [0.3, 0.4) is 0 Å². The van der Waals surface area contributed by atoms with Gasteiger partial charge in [0.15, 0.2) is 5.75 Å². The second-order valence-electron chi connectivity index (χ2n) is 8.72. The second kappa shape index (κ2) is 10.6. The van der Waals surface area contributed by atoms with Crippen LogP contribution in [0.5, 0.6) is 5.75 Å². The largest absolute Gasteiger partial charge is 0.416 e. The average molecular weight is 501 g/mol. The predicted octanol–water partition coefficient (Wildman–Crippen LogP) is 5.97. The molecule has 1 saturated heterocycles. The Balaban J connectivity index is 1.66. The van der Waals surface area contributed by atoms with Gasteiger partial charge in [-0.15, -0.1) is 0 Å². The number of ether oxygens (including phenoxy) is 3. The van der Waals surface area contributed by atoms with E-state index in [0.29, 0.717) is 37.8 Å². The van der Waals surface area contributed by atoms with E-state index in [2.05, 4.69) is 5.32 Å². The quantitative estimate of drug-likeness (QED) is 0.549. The highest BCUT2D eigenvalue weighted by atomic mass is 35.5. The second-order valence-corrected chi connectivity index (χ2v) is 9.13. The third-order valence-electron chi connectivity index (χ3n) is 6.29. The van der Waals surface area contributed by atoms with Crippen molar-refractivity contribution in [3.8, 4) is 17.0 Å². The number of hydrogen-bond acceptors (Lipinski definition) is 4. The summed E-state index contributed by atoms with van der Waals surface area (Å²) in [6.07, 6.45) is -0.324. The summed E-state index contributed by atoms with van der Waals surface area (Å²) in [6, 6.07) is 4.80. The summed E-state index contributed by atoms with van der Waals surface area (Å²) >= 11 is 6.33. The Hall–Kier alpha value is -2.23. The highest BCUT2D eigenvalue weighted by Crippen LogP contribution is 2.39. The first-order valence-electron chi connectivity index (χ1n) is 11.5. The van der Waals surface area contributed by atoms with Crippen LogP contribution >= 0.6 is 11.6 Å². The molecule has 1 unspecified atom stereocenters. The Morgan fingerprint density at radius 3 is 2.65 bits per heavy atom. The van der Waals surface area contributed by atoms with Gasteiger partial charge in [0.1, 0.15) is 0 Å². The third-order valence-corrected chi connectivity index (χ3v) is 6.62. The van der Waals surface area contributed by atoms with Crippen LogP contribution in [0.1, 0.15) is 43.4 Å². The molecule has 1 aliphatic heterocycles. The van der Waals surface area contributed by atoms with E-state index < -0.39 is 17.8 Å². The Kier molecular flexibility index (Phi) is 7.74. The molecule has 2 fully saturated rings. The number of nitrogens with one attached hydrogen (secondary N) is 1.